The molecule has 0 spiro atoms. The molecule has 3 rings (SSSR count). The third-order valence-corrected chi connectivity index (χ3v) is 4.18. The molecule has 0 atom stereocenters. The van der Waals surface area contributed by atoms with E-state index >= 15 is 0 Å². The molecule has 1 amide bonds. The van der Waals surface area contributed by atoms with Gasteiger partial charge in [-0.1, -0.05) is 42.0 Å². The van der Waals surface area contributed by atoms with E-state index in [-0.39, 0.29) is 12.4 Å². The second-order valence-electron chi connectivity index (χ2n) is 6.53. The highest BCUT2D eigenvalue weighted by atomic mass is 16.5. The Labute approximate surface area is 192 Å². The zero-order valence-electron chi connectivity index (χ0n) is 18.8. The van der Waals surface area contributed by atoms with Gasteiger partial charge in [-0.15, -0.1) is 0 Å². The third kappa shape index (κ3) is 10.5. The molecule has 0 radical (unpaired) electrons. The molecule has 3 aromatic rings. The van der Waals surface area contributed by atoms with Crippen molar-refractivity contribution >= 4 is 24.5 Å². The normalized spacial score (nSPS) is 9.18. The fourth-order valence-corrected chi connectivity index (χ4v) is 2.49. The lowest BCUT2D eigenvalue weighted by atomic mass is 10.1. The maximum Gasteiger partial charge on any atom is 0.290 e. The van der Waals surface area contributed by atoms with Gasteiger partial charge >= 0.3 is 0 Å². The van der Waals surface area contributed by atoms with Gasteiger partial charge in [-0.3, -0.25) is 9.59 Å². The van der Waals surface area contributed by atoms with E-state index in [9.17, 15) is 9.59 Å². The van der Waals surface area contributed by atoms with Crippen LogP contribution in [0, 0.1) is 6.92 Å². The Morgan fingerprint density at radius 3 is 2.36 bits per heavy atom. The summed E-state index contributed by atoms with van der Waals surface area (Å²) in [6.07, 6.45) is 2.80. The van der Waals surface area contributed by atoms with E-state index in [1.165, 1.54) is 11.9 Å². The zero-order chi connectivity index (χ0) is 24.5. The number of aldehydes is 1. The number of aromatic nitrogens is 2. The van der Waals surface area contributed by atoms with Gasteiger partial charge in [0.25, 0.3) is 12.4 Å². The van der Waals surface area contributed by atoms with Crippen LogP contribution in [0.3, 0.4) is 0 Å². The highest BCUT2D eigenvalue weighted by Gasteiger charge is 2.08. The van der Waals surface area contributed by atoms with E-state index in [1.54, 1.807) is 20.2 Å². The van der Waals surface area contributed by atoms with Crippen molar-refractivity contribution in [1.29, 1.82) is 0 Å². The van der Waals surface area contributed by atoms with E-state index in [0.29, 0.717) is 24.5 Å². The molecule has 0 saturated carbocycles. The summed E-state index contributed by atoms with van der Waals surface area (Å²) in [5, 5.41) is 12.6. The molecule has 0 fully saturated rings. The van der Waals surface area contributed by atoms with Gasteiger partial charge in [0.1, 0.15) is 29.9 Å². The van der Waals surface area contributed by atoms with Crippen molar-refractivity contribution in [2.45, 2.75) is 19.9 Å². The van der Waals surface area contributed by atoms with Crippen LogP contribution in [-0.2, 0) is 22.6 Å². The molecule has 0 aliphatic heterocycles. The van der Waals surface area contributed by atoms with Crippen LogP contribution in [0.1, 0.15) is 27.2 Å². The number of nitrogens with one attached hydrogen (secondary N) is 2. The molecular formula is C24H28N4O5. The number of anilines is 1. The molecule has 0 aliphatic rings. The van der Waals surface area contributed by atoms with E-state index in [4.69, 9.17) is 14.6 Å². The molecule has 3 N–H and O–H groups in total. The number of hydrogen-bond acceptors (Lipinski definition) is 7. The first-order valence-electron chi connectivity index (χ1n) is 9.95. The number of carbonyl (C=O) groups is 3. The first kappa shape index (κ1) is 26.8. The van der Waals surface area contributed by atoms with Crippen LogP contribution >= 0.6 is 0 Å². The topological polar surface area (TPSA) is 131 Å². The molecule has 9 heteroatoms. The Morgan fingerprint density at radius 2 is 1.76 bits per heavy atom. The lowest BCUT2D eigenvalue weighted by Gasteiger charge is -2.07. The Hall–Kier alpha value is -4.27. The fraction of sp³-hybridized carbons (Fsp3) is 0.208. The molecule has 33 heavy (non-hydrogen) atoms. The standard InChI is InChI=1S/C14H16N4O2.C9H10O.CH2O2/c1-15-13-7-12(17-9-18-13)14(19)16-8-10-4-3-5-11(6-10)20-2;1-8-2-4-9(5-3-8)6-7-10;2-1-3/h3-7,9H,8H2,1-2H3,(H,16,19)(H,15,17,18);2-5,7H,6H2,1H3;1H,(H,2,3). The Bertz CT molecular complexity index is 1010. The van der Waals surface area contributed by atoms with Crippen LogP contribution in [0.15, 0.2) is 60.9 Å². The number of hydrogen-bond donors (Lipinski definition) is 3. The molecule has 0 unspecified atom stereocenters. The predicted molar refractivity (Wildman–Crippen MR) is 125 cm³/mol. The molecule has 1 heterocycles. The lowest BCUT2D eigenvalue weighted by molar-refractivity contribution is -0.122. The number of rotatable bonds is 7. The van der Waals surface area contributed by atoms with Gasteiger partial charge in [0.05, 0.1) is 7.11 Å². The summed E-state index contributed by atoms with van der Waals surface area (Å²) < 4.78 is 5.13. The first-order valence-corrected chi connectivity index (χ1v) is 9.95. The van der Waals surface area contributed by atoms with E-state index in [1.807, 2.05) is 55.5 Å². The fourth-order valence-electron chi connectivity index (χ4n) is 2.49. The van der Waals surface area contributed by atoms with Gasteiger partial charge in [-0.2, -0.15) is 0 Å². The van der Waals surface area contributed by atoms with Crippen LogP contribution in [0.5, 0.6) is 5.75 Å². The van der Waals surface area contributed by atoms with E-state index in [2.05, 4.69) is 20.6 Å². The number of benzene rings is 2. The highest BCUT2D eigenvalue weighted by molar-refractivity contribution is 5.92. The van der Waals surface area contributed by atoms with Gasteiger partial charge in [-0.25, -0.2) is 9.97 Å². The van der Waals surface area contributed by atoms with Crippen LogP contribution in [0.4, 0.5) is 5.82 Å². The van der Waals surface area contributed by atoms with Crippen molar-refractivity contribution in [2.24, 2.45) is 0 Å². The monoisotopic (exact) mass is 452 g/mol. The zero-order valence-corrected chi connectivity index (χ0v) is 18.8. The highest BCUT2D eigenvalue weighted by Crippen LogP contribution is 2.12. The smallest absolute Gasteiger partial charge is 0.290 e. The largest absolute Gasteiger partial charge is 0.497 e. The minimum Gasteiger partial charge on any atom is -0.497 e. The van der Waals surface area contributed by atoms with Gasteiger partial charge < -0.3 is 25.3 Å². The van der Waals surface area contributed by atoms with Crippen molar-refractivity contribution in [3.05, 3.63) is 83.3 Å². The van der Waals surface area contributed by atoms with Crippen LogP contribution < -0.4 is 15.4 Å². The summed E-state index contributed by atoms with van der Waals surface area (Å²) in [4.78, 5) is 38.3. The first-order chi connectivity index (χ1) is 16.0. The van der Waals surface area contributed by atoms with Gasteiger partial charge in [0.15, 0.2) is 0 Å². The summed E-state index contributed by atoms with van der Waals surface area (Å²) in [5.74, 6) is 1.12. The molecular weight excluding hydrogens is 424 g/mol. The third-order valence-electron chi connectivity index (χ3n) is 4.18. The summed E-state index contributed by atoms with van der Waals surface area (Å²) >= 11 is 0. The van der Waals surface area contributed by atoms with E-state index < -0.39 is 0 Å². The number of carboxylic acid groups (broad SMARTS) is 1. The maximum absolute atomic E-state index is 12.0. The van der Waals surface area contributed by atoms with Crippen LogP contribution in [-0.4, -0.2) is 47.9 Å². The van der Waals surface area contributed by atoms with Gasteiger partial charge in [0.2, 0.25) is 0 Å². The van der Waals surface area contributed by atoms with Crippen molar-refractivity contribution in [1.82, 2.24) is 15.3 Å². The van der Waals surface area contributed by atoms with Crippen molar-refractivity contribution in [3.8, 4) is 5.75 Å². The average molecular weight is 453 g/mol. The van der Waals surface area contributed by atoms with Crippen molar-refractivity contribution in [2.75, 3.05) is 19.5 Å². The number of aryl methyl sites for hydroxylation is 1. The Morgan fingerprint density at radius 1 is 1.06 bits per heavy atom. The SMILES string of the molecule is CNc1cc(C(=O)NCc2cccc(OC)c2)ncn1.Cc1ccc(CC=O)cc1.O=CO. The second kappa shape index (κ2) is 15.5. The minimum atomic E-state index is -0.250. The molecule has 0 bridgehead atoms. The minimum absolute atomic E-state index is 0.244. The molecule has 0 saturated heterocycles. The molecule has 2 aromatic carbocycles. The van der Waals surface area contributed by atoms with Gasteiger partial charge in [-0.05, 0) is 30.2 Å². The lowest BCUT2D eigenvalue weighted by Crippen LogP contribution is -2.24. The summed E-state index contributed by atoms with van der Waals surface area (Å²) in [6, 6.07) is 17.1. The summed E-state index contributed by atoms with van der Waals surface area (Å²) in [7, 11) is 3.35. The Kier molecular flexibility index (Phi) is 12.6. The van der Waals surface area contributed by atoms with Gasteiger partial charge in [0, 0.05) is 26.1 Å². The molecule has 174 valence electrons. The maximum atomic E-state index is 12.0. The molecule has 9 nitrogen and oxygen atoms in total. The van der Waals surface area contributed by atoms with Crippen molar-refractivity contribution < 1.29 is 24.2 Å². The number of amides is 1. The van der Waals surface area contributed by atoms with Crippen LogP contribution in [0.25, 0.3) is 0 Å². The number of methoxy groups -OCH3 is 1. The average Bonchev–Trinajstić information content (AvgIpc) is 2.85. The number of carbonyl (C=O) groups excluding carboxylic acids is 2. The Balaban J connectivity index is 0.000000349. The summed E-state index contributed by atoms with van der Waals surface area (Å²) in [5.41, 5.74) is 3.60. The van der Waals surface area contributed by atoms with E-state index in [0.717, 1.165) is 23.2 Å². The van der Waals surface area contributed by atoms with Crippen molar-refractivity contribution in [3.63, 3.8) is 0 Å². The van der Waals surface area contributed by atoms with Crippen LogP contribution in [0.2, 0.25) is 0 Å². The summed E-state index contributed by atoms with van der Waals surface area (Å²) in [6.45, 7) is 2.19. The second-order valence-corrected chi connectivity index (χ2v) is 6.53. The molecule has 0 aliphatic carbocycles. The quantitative estimate of drug-likeness (QED) is 0.467. The molecule has 1 aromatic heterocycles. The number of ether oxygens (including phenoxy) is 1. The predicted octanol–water partition coefficient (Wildman–Crippen LogP) is 2.89. The number of nitrogens with zero attached hydrogens (tertiary/aromatic N) is 2.